The molecule has 1 aromatic rings. The summed E-state index contributed by atoms with van der Waals surface area (Å²) in [5.74, 6) is 0. The van der Waals surface area contributed by atoms with Crippen LogP contribution in [0.5, 0.6) is 0 Å². The first-order valence-electron chi connectivity index (χ1n) is 6.03. The molecule has 0 heterocycles. The number of nitrogen functional groups attached to an aromatic ring is 2. The Morgan fingerprint density at radius 2 is 1.17 bits per heavy atom. The first kappa shape index (κ1) is 14.8. The lowest BCUT2D eigenvalue weighted by molar-refractivity contribution is 0.595. The number of primary sulfonamides is 1. The topological polar surface area (TPSA) is 112 Å². The molecule has 0 spiro atoms. The van der Waals surface area contributed by atoms with Crippen molar-refractivity contribution >= 4 is 21.4 Å². The molecule has 102 valence electrons. The highest BCUT2D eigenvalue weighted by molar-refractivity contribution is 7.89. The van der Waals surface area contributed by atoms with Crippen LogP contribution in [-0.4, -0.2) is 8.42 Å². The van der Waals surface area contributed by atoms with Crippen molar-refractivity contribution in [1.82, 2.24) is 0 Å². The molecule has 0 aromatic heterocycles. The summed E-state index contributed by atoms with van der Waals surface area (Å²) in [5.41, 5.74) is 15.0. The third-order valence-corrected chi connectivity index (χ3v) is 4.26. The SMILES string of the molecule is CCc1c(N)c(CC)c(S(N)(=O)=O)c(CC)c1N. The molecule has 0 unspecified atom stereocenters. The molecule has 1 rings (SSSR count). The van der Waals surface area contributed by atoms with E-state index in [1.165, 1.54) is 0 Å². The first-order chi connectivity index (χ1) is 8.29. The molecule has 18 heavy (non-hydrogen) atoms. The van der Waals surface area contributed by atoms with Gasteiger partial charge in [0.25, 0.3) is 0 Å². The molecule has 0 saturated heterocycles. The molecule has 0 aliphatic carbocycles. The van der Waals surface area contributed by atoms with Crippen molar-refractivity contribution in [3.63, 3.8) is 0 Å². The third kappa shape index (κ3) is 2.30. The third-order valence-electron chi connectivity index (χ3n) is 3.19. The molecular formula is C12H21N3O2S. The number of nitrogens with two attached hydrogens (primary N) is 3. The van der Waals surface area contributed by atoms with Crippen molar-refractivity contribution in [2.45, 2.75) is 44.9 Å². The minimum atomic E-state index is -3.82. The Hall–Kier alpha value is -1.27. The van der Waals surface area contributed by atoms with Gasteiger partial charge in [0.05, 0.1) is 4.90 Å². The monoisotopic (exact) mass is 271 g/mol. The lowest BCUT2D eigenvalue weighted by atomic mass is 9.95. The summed E-state index contributed by atoms with van der Waals surface area (Å²) in [6.45, 7) is 5.66. The van der Waals surface area contributed by atoms with Crippen LogP contribution in [0.25, 0.3) is 0 Å². The Morgan fingerprint density at radius 3 is 1.39 bits per heavy atom. The second-order valence-electron chi connectivity index (χ2n) is 4.20. The number of rotatable bonds is 4. The minimum Gasteiger partial charge on any atom is -0.398 e. The molecule has 6 heteroatoms. The van der Waals surface area contributed by atoms with E-state index >= 15 is 0 Å². The summed E-state index contributed by atoms with van der Waals surface area (Å²) in [6.07, 6.45) is 1.69. The Bertz CT molecular complexity index is 534. The number of hydrogen-bond acceptors (Lipinski definition) is 4. The van der Waals surface area contributed by atoms with Crippen LogP contribution in [0.15, 0.2) is 4.90 Å². The number of hydrogen-bond donors (Lipinski definition) is 3. The minimum absolute atomic E-state index is 0.111. The van der Waals surface area contributed by atoms with Gasteiger partial charge in [0.1, 0.15) is 0 Å². The van der Waals surface area contributed by atoms with Crippen LogP contribution in [-0.2, 0) is 29.3 Å². The lowest BCUT2D eigenvalue weighted by Gasteiger charge is -2.20. The average Bonchev–Trinajstić information content (AvgIpc) is 2.27. The van der Waals surface area contributed by atoms with Gasteiger partial charge in [-0.1, -0.05) is 20.8 Å². The van der Waals surface area contributed by atoms with E-state index in [-0.39, 0.29) is 4.90 Å². The molecular weight excluding hydrogens is 250 g/mol. The van der Waals surface area contributed by atoms with E-state index in [1.807, 2.05) is 20.8 Å². The largest absolute Gasteiger partial charge is 0.398 e. The van der Waals surface area contributed by atoms with Crippen molar-refractivity contribution in [3.05, 3.63) is 16.7 Å². The second kappa shape index (κ2) is 5.16. The Labute approximate surface area is 108 Å². The highest BCUT2D eigenvalue weighted by Crippen LogP contribution is 2.35. The van der Waals surface area contributed by atoms with Gasteiger partial charge in [-0.2, -0.15) is 0 Å². The second-order valence-corrected chi connectivity index (χ2v) is 5.70. The number of anilines is 2. The normalized spacial score (nSPS) is 11.8. The molecule has 5 nitrogen and oxygen atoms in total. The van der Waals surface area contributed by atoms with E-state index < -0.39 is 10.0 Å². The Kier molecular flexibility index (Phi) is 4.24. The molecule has 1 aromatic carbocycles. The predicted octanol–water partition coefficient (Wildman–Crippen LogP) is 1.19. The van der Waals surface area contributed by atoms with E-state index in [0.717, 1.165) is 5.56 Å². The van der Waals surface area contributed by atoms with Gasteiger partial charge in [0, 0.05) is 11.4 Å². The first-order valence-corrected chi connectivity index (χ1v) is 7.58. The van der Waals surface area contributed by atoms with Crippen LogP contribution in [0.4, 0.5) is 11.4 Å². The van der Waals surface area contributed by atoms with Crippen LogP contribution in [0.1, 0.15) is 37.5 Å². The van der Waals surface area contributed by atoms with Gasteiger partial charge in [-0.3, -0.25) is 0 Å². The van der Waals surface area contributed by atoms with Gasteiger partial charge in [-0.25, -0.2) is 13.6 Å². The Morgan fingerprint density at radius 1 is 0.833 bits per heavy atom. The smallest absolute Gasteiger partial charge is 0.238 e. The van der Waals surface area contributed by atoms with Crippen molar-refractivity contribution in [2.75, 3.05) is 11.5 Å². The lowest BCUT2D eigenvalue weighted by Crippen LogP contribution is -2.20. The maximum atomic E-state index is 11.8. The summed E-state index contributed by atoms with van der Waals surface area (Å²) >= 11 is 0. The summed E-state index contributed by atoms with van der Waals surface area (Å²) in [4.78, 5) is 0.111. The van der Waals surface area contributed by atoms with Gasteiger partial charge in [0.2, 0.25) is 10.0 Å². The van der Waals surface area contributed by atoms with Crippen molar-refractivity contribution in [2.24, 2.45) is 5.14 Å². The van der Waals surface area contributed by atoms with Crippen molar-refractivity contribution in [3.8, 4) is 0 Å². The summed E-state index contributed by atoms with van der Waals surface area (Å²) in [6, 6.07) is 0. The fourth-order valence-electron chi connectivity index (χ4n) is 2.36. The summed E-state index contributed by atoms with van der Waals surface area (Å²) in [7, 11) is -3.82. The van der Waals surface area contributed by atoms with Crippen molar-refractivity contribution in [1.29, 1.82) is 0 Å². The summed E-state index contributed by atoms with van der Waals surface area (Å²) in [5, 5.41) is 5.30. The molecule has 0 radical (unpaired) electrons. The van der Waals surface area contributed by atoms with E-state index in [0.29, 0.717) is 41.8 Å². The van der Waals surface area contributed by atoms with E-state index in [1.54, 1.807) is 0 Å². The van der Waals surface area contributed by atoms with Gasteiger partial charge in [0.15, 0.2) is 0 Å². The fraction of sp³-hybridized carbons (Fsp3) is 0.500. The number of sulfonamides is 1. The predicted molar refractivity (Wildman–Crippen MR) is 74.8 cm³/mol. The Balaban J connectivity index is 3.91. The zero-order valence-corrected chi connectivity index (χ0v) is 11.9. The molecule has 6 N–H and O–H groups in total. The van der Waals surface area contributed by atoms with Gasteiger partial charge >= 0.3 is 0 Å². The quantitative estimate of drug-likeness (QED) is 0.714. The molecule has 0 atom stereocenters. The molecule has 0 fully saturated rings. The van der Waals surface area contributed by atoms with Crippen LogP contribution in [0, 0.1) is 0 Å². The highest BCUT2D eigenvalue weighted by Gasteiger charge is 2.24. The van der Waals surface area contributed by atoms with Crippen LogP contribution in [0.2, 0.25) is 0 Å². The van der Waals surface area contributed by atoms with E-state index in [2.05, 4.69) is 0 Å². The number of benzene rings is 1. The molecule has 0 bridgehead atoms. The zero-order chi connectivity index (χ0) is 14.1. The van der Waals surface area contributed by atoms with Gasteiger partial charge < -0.3 is 11.5 Å². The molecule has 0 aliphatic heterocycles. The zero-order valence-electron chi connectivity index (χ0n) is 11.1. The van der Waals surface area contributed by atoms with Crippen molar-refractivity contribution < 1.29 is 8.42 Å². The maximum Gasteiger partial charge on any atom is 0.238 e. The van der Waals surface area contributed by atoms with E-state index in [4.69, 9.17) is 16.6 Å². The molecule has 0 saturated carbocycles. The standard InChI is InChI=1S/C12H21N3O2S/c1-4-7-10(13)8(5-2)12(18(15,16)17)9(6-3)11(7)14/h4-6,13-14H2,1-3H3,(H2,15,16,17). The summed E-state index contributed by atoms with van der Waals surface area (Å²) < 4.78 is 23.5. The van der Waals surface area contributed by atoms with Crippen LogP contribution in [0.3, 0.4) is 0 Å². The average molecular weight is 271 g/mol. The van der Waals surface area contributed by atoms with Gasteiger partial charge in [-0.15, -0.1) is 0 Å². The van der Waals surface area contributed by atoms with E-state index in [9.17, 15) is 8.42 Å². The highest BCUT2D eigenvalue weighted by atomic mass is 32.2. The van der Waals surface area contributed by atoms with Crippen LogP contribution < -0.4 is 16.6 Å². The molecule has 0 aliphatic rings. The fourth-order valence-corrected chi connectivity index (χ4v) is 3.56. The van der Waals surface area contributed by atoms with Gasteiger partial charge in [-0.05, 0) is 36.0 Å². The maximum absolute atomic E-state index is 11.8. The van der Waals surface area contributed by atoms with Crippen LogP contribution >= 0.6 is 0 Å². The molecule has 0 amide bonds.